The molecule has 0 bridgehead atoms. The third-order valence-electron chi connectivity index (χ3n) is 4.33. The van der Waals surface area contributed by atoms with Crippen molar-refractivity contribution >= 4 is 28.5 Å². The number of halogens is 1. The van der Waals surface area contributed by atoms with E-state index in [4.69, 9.17) is 16.3 Å². The summed E-state index contributed by atoms with van der Waals surface area (Å²) < 4.78 is 8.95. The molecule has 0 aliphatic heterocycles. The summed E-state index contributed by atoms with van der Waals surface area (Å²) in [5, 5.41) is 0.402. The Morgan fingerprint density at radius 3 is 2.80 bits per heavy atom. The molecule has 2 aromatic heterocycles. The Labute approximate surface area is 151 Å². The van der Waals surface area contributed by atoms with E-state index < -0.39 is 0 Å². The number of fused-ring (bicyclic) bond motifs is 1. The number of hydrogen-bond acceptors (Lipinski definition) is 3. The summed E-state index contributed by atoms with van der Waals surface area (Å²) in [5.74, 6) is -0.0440. The molecule has 0 aliphatic rings. The lowest BCUT2D eigenvalue weighted by molar-refractivity contribution is 0.0676. The van der Waals surface area contributed by atoms with Crippen molar-refractivity contribution in [2.75, 3.05) is 20.3 Å². The van der Waals surface area contributed by atoms with E-state index in [9.17, 15) is 4.79 Å². The number of methoxy groups -OCH3 is 1. The van der Waals surface area contributed by atoms with E-state index in [1.807, 2.05) is 49.1 Å². The summed E-state index contributed by atoms with van der Waals surface area (Å²) in [7, 11) is 5.44. The van der Waals surface area contributed by atoms with E-state index in [1.54, 1.807) is 22.6 Å². The Balaban J connectivity index is 1.90. The molecule has 0 atom stereocenters. The fraction of sp³-hybridized carbons (Fsp3) is 0.333. The third kappa shape index (κ3) is 3.55. The highest BCUT2D eigenvalue weighted by atomic mass is 35.5. The van der Waals surface area contributed by atoms with E-state index in [1.165, 1.54) is 0 Å². The van der Waals surface area contributed by atoms with E-state index >= 15 is 0 Å². The predicted molar refractivity (Wildman–Crippen MR) is 97.8 cm³/mol. The summed E-state index contributed by atoms with van der Waals surface area (Å²) in [6.07, 6.45) is 1.97. The van der Waals surface area contributed by atoms with Crippen molar-refractivity contribution in [2.24, 2.45) is 14.1 Å². The second-order valence-electron chi connectivity index (χ2n) is 5.97. The fourth-order valence-corrected chi connectivity index (χ4v) is 2.97. The van der Waals surface area contributed by atoms with Crippen molar-refractivity contribution in [1.29, 1.82) is 0 Å². The number of aryl methyl sites for hydroxylation is 2. The lowest BCUT2D eigenvalue weighted by Gasteiger charge is -2.23. The van der Waals surface area contributed by atoms with Gasteiger partial charge in [-0.1, -0.05) is 0 Å². The number of amides is 1. The number of carbonyl (C=O) groups excluding carboxylic acids is 1. The minimum atomic E-state index is -0.0440. The van der Waals surface area contributed by atoms with Crippen molar-refractivity contribution in [2.45, 2.75) is 6.54 Å². The third-order valence-corrected chi connectivity index (χ3v) is 4.67. The van der Waals surface area contributed by atoms with Gasteiger partial charge < -0.3 is 18.8 Å². The summed E-state index contributed by atoms with van der Waals surface area (Å²) >= 11 is 6.06. The van der Waals surface area contributed by atoms with Gasteiger partial charge in [0.25, 0.3) is 5.91 Å². The van der Waals surface area contributed by atoms with Crippen LogP contribution in [0, 0.1) is 0 Å². The first-order valence-corrected chi connectivity index (χ1v) is 8.39. The highest BCUT2D eigenvalue weighted by molar-refractivity contribution is 6.29. The highest BCUT2D eigenvalue weighted by Gasteiger charge is 2.18. The van der Waals surface area contributed by atoms with Gasteiger partial charge in [0.15, 0.2) is 0 Å². The topological polar surface area (TPSA) is 52.3 Å². The maximum atomic E-state index is 13.0. The van der Waals surface area contributed by atoms with Crippen LogP contribution in [-0.2, 0) is 25.4 Å². The van der Waals surface area contributed by atoms with Crippen LogP contribution in [-0.4, -0.2) is 45.2 Å². The molecule has 0 aliphatic carbocycles. The molecule has 25 heavy (non-hydrogen) atoms. The normalized spacial score (nSPS) is 11.2. The van der Waals surface area contributed by atoms with Crippen molar-refractivity contribution < 1.29 is 9.53 Å². The van der Waals surface area contributed by atoms with Gasteiger partial charge in [-0.15, -0.1) is 0 Å². The molecule has 0 fully saturated rings. The monoisotopic (exact) mass is 360 g/mol. The summed E-state index contributed by atoms with van der Waals surface area (Å²) in [6, 6.07) is 9.43. The number of imidazole rings is 1. The van der Waals surface area contributed by atoms with E-state index in [2.05, 4.69) is 4.98 Å². The molecule has 7 heteroatoms. The number of hydrogen-bond donors (Lipinski definition) is 0. The van der Waals surface area contributed by atoms with Gasteiger partial charge in [0.05, 0.1) is 24.2 Å². The predicted octanol–water partition coefficient (Wildman–Crippen LogP) is 2.85. The number of carbonyl (C=O) groups is 1. The Hall–Kier alpha value is -2.31. The highest BCUT2D eigenvalue weighted by Crippen LogP contribution is 2.21. The molecule has 1 aromatic carbocycles. The summed E-state index contributed by atoms with van der Waals surface area (Å²) in [4.78, 5) is 19.1. The SMILES string of the molecule is COCCN(Cc1cccn1C)C(=O)c1ccc2nc(Cl)n(C)c2c1. The molecular formula is C18H21ClN4O2. The first-order valence-electron chi connectivity index (χ1n) is 8.01. The maximum Gasteiger partial charge on any atom is 0.254 e. The van der Waals surface area contributed by atoms with Crippen LogP contribution in [0.3, 0.4) is 0 Å². The zero-order valence-electron chi connectivity index (χ0n) is 14.6. The van der Waals surface area contributed by atoms with Crippen LogP contribution in [0.4, 0.5) is 0 Å². The van der Waals surface area contributed by atoms with Crippen LogP contribution >= 0.6 is 11.6 Å². The molecule has 6 nitrogen and oxygen atoms in total. The van der Waals surface area contributed by atoms with Crippen molar-refractivity contribution in [1.82, 2.24) is 19.0 Å². The van der Waals surface area contributed by atoms with Crippen molar-refractivity contribution in [3.8, 4) is 0 Å². The Morgan fingerprint density at radius 1 is 1.32 bits per heavy atom. The van der Waals surface area contributed by atoms with Gasteiger partial charge in [-0.25, -0.2) is 4.98 Å². The lowest BCUT2D eigenvalue weighted by Crippen LogP contribution is -2.34. The fourth-order valence-electron chi connectivity index (χ4n) is 2.79. The average Bonchev–Trinajstić information content (AvgIpc) is 3.14. The molecule has 0 saturated heterocycles. The minimum Gasteiger partial charge on any atom is -0.383 e. The zero-order valence-corrected chi connectivity index (χ0v) is 15.3. The molecule has 0 radical (unpaired) electrons. The lowest BCUT2D eigenvalue weighted by atomic mass is 10.1. The van der Waals surface area contributed by atoms with Gasteiger partial charge in [-0.2, -0.15) is 0 Å². The number of benzene rings is 1. The van der Waals surface area contributed by atoms with Gasteiger partial charge in [0.1, 0.15) is 0 Å². The first kappa shape index (κ1) is 17.5. The first-order chi connectivity index (χ1) is 12.0. The molecule has 3 aromatic rings. The van der Waals surface area contributed by atoms with Crippen LogP contribution < -0.4 is 0 Å². The van der Waals surface area contributed by atoms with Crippen LogP contribution in [0.1, 0.15) is 16.1 Å². The van der Waals surface area contributed by atoms with Crippen LogP contribution in [0.15, 0.2) is 36.5 Å². The summed E-state index contributed by atoms with van der Waals surface area (Å²) in [6.45, 7) is 1.52. The second kappa shape index (κ2) is 7.29. The van der Waals surface area contributed by atoms with Crippen LogP contribution in [0.25, 0.3) is 11.0 Å². The number of rotatable bonds is 6. The maximum absolute atomic E-state index is 13.0. The molecule has 0 N–H and O–H groups in total. The largest absolute Gasteiger partial charge is 0.383 e. The van der Waals surface area contributed by atoms with Crippen LogP contribution in [0.2, 0.25) is 5.28 Å². The van der Waals surface area contributed by atoms with Gasteiger partial charge in [-0.05, 0) is 41.9 Å². The number of ether oxygens (including phenoxy) is 1. The standard InChI is InChI=1S/C18H21ClN4O2/c1-21-8-4-5-14(21)12-23(9-10-25-3)17(24)13-6-7-15-16(11-13)22(2)18(19)20-15/h4-8,11H,9-10,12H2,1-3H3. The molecule has 3 rings (SSSR count). The molecule has 0 unspecified atom stereocenters. The Bertz CT molecular complexity index is 900. The average molecular weight is 361 g/mol. The zero-order chi connectivity index (χ0) is 18.0. The van der Waals surface area contributed by atoms with E-state index in [0.717, 1.165) is 16.7 Å². The summed E-state index contributed by atoms with van der Waals surface area (Å²) in [5.41, 5.74) is 3.28. The molecule has 0 saturated carbocycles. The van der Waals surface area contributed by atoms with E-state index in [-0.39, 0.29) is 5.91 Å². The molecular weight excluding hydrogens is 340 g/mol. The molecule has 2 heterocycles. The quantitative estimate of drug-likeness (QED) is 0.679. The van der Waals surface area contributed by atoms with Gasteiger partial charge in [-0.3, -0.25) is 4.79 Å². The minimum absolute atomic E-state index is 0.0440. The van der Waals surface area contributed by atoms with Crippen molar-refractivity contribution in [3.63, 3.8) is 0 Å². The Kier molecular flexibility index (Phi) is 5.11. The van der Waals surface area contributed by atoms with Gasteiger partial charge in [0, 0.05) is 45.2 Å². The molecule has 132 valence electrons. The van der Waals surface area contributed by atoms with Gasteiger partial charge in [0.2, 0.25) is 5.28 Å². The number of nitrogens with zero attached hydrogens (tertiary/aromatic N) is 4. The molecule has 0 spiro atoms. The van der Waals surface area contributed by atoms with Crippen molar-refractivity contribution in [3.05, 3.63) is 53.1 Å². The van der Waals surface area contributed by atoms with Crippen LogP contribution in [0.5, 0.6) is 0 Å². The van der Waals surface area contributed by atoms with Gasteiger partial charge >= 0.3 is 0 Å². The Morgan fingerprint density at radius 2 is 2.12 bits per heavy atom. The number of aromatic nitrogens is 3. The second-order valence-corrected chi connectivity index (χ2v) is 6.31. The smallest absolute Gasteiger partial charge is 0.254 e. The van der Waals surface area contributed by atoms with E-state index in [0.29, 0.717) is 30.5 Å². The molecule has 1 amide bonds.